The molecule has 2 heterocycles. The molecule has 5 aromatic rings. The van der Waals surface area contributed by atoms with Crippen LogP contribution >= 0.6 is 0 Å². The number of rotatable bonds is 5. The number of nitrogens with zero attached hydrogens (tertiary/aromatic N) is 1. The van der Waals surface area contributed by atoms with Gasteiger partial charge in [0.1, 0.15) is 11.5 Å². The van der Waals surface area contributed by atoms with Gasteiger partial charge < -0.3 is 26.5 Å². The maximum Gasteiger partial charge on any atom is 0.248 e. The summed E-state index contributed by atoms with van der Waals surface area (Å²) in [7, 11) is 0. The zero-order valence-electron chi connectivity index (χ0n) is 17.6. The number of anilines is 1. The number of carbonyl (C=O) groups is 2. The molecule has 7 heteroatoms. The average Bonchev–Trinajstić information content (AvgIpc) is 3.42. The molecule has 164 valence electrons. The van der Waals surface area contributed by atoms with Crippen LogP contribution in [0, 0.1) is 0 Å². The Bertz CT molecular complexity index is 1290. The summed E-state index contributed by atoms with van der Waals surface area (Å²) in [6.07, 6.45) is 0. The van der Waals surface area contributed by atoms with Crippen LogP contribution in [0.3, 0.4) is 0 Å². The van der Waals surface area contributed by atoms with E-state index in [2.05, 4.69) is 41.0 Å². The number of aromatic nitrogens is 1. The number of nitrogens with two attached hydrogens (primary N) is 3. The lowest BCUT2D eigenvalue weighted by Gasteiger charge is -2.08. The van der Waals surface area contributed by atoms with Crippen LogP contribution in [0.1, 0.15) is 20.7 Å². The van der Waals surface area contributed by atoms with Crippen LogP contribution in [-0.4, -0.2) is 16.4 Å². The fourth-order valence-electron chi connectivity index (χ4n) is 3.33. The predicted octanol–water partition coefficient (Wildman–Crippen LogP) is 4.33. The number of benzene rings is 4. The summed E-state index contributed by atoms with van der Waals surface area (Å²) in [4.78, 5) is 21.2. The number of carbonyl (C=O) groups excluding carboxylic acids is 2. The lowest BCUT2D eigenvalue weighted by atomic mass is 10.1. The largest absolute Gasteiger partial charge is 0.457 e. The van der Waals surface area contributed by atoms with E-state index in [9.17, 15) is 9.59 Å². The summed E-state index contributed by atoms with van der Waals surface area (Å²) >= 11 is 0. The van der Waals surface area contributed by atoms with Gasteiger partial charge in [0.05, 0.1) is 0 Å². The van der Waals surface area contributed by atoms with Crippen molar-refractivity contribution >= 4 is 28.5 Å². The van der Waals surface area contributed by atoms with E-state index in [4.69, 9.17) is 21.9 Å². The third-order valence-corrected chi connectivity index (χ3v) is 5.03. The SMILES string of the molecule is NC(=O)c1ccc(C(N)=O)cc1.Nc1ccc(Oc2ccc(-n3c4ccc3cc4)cc2)cc1. The van der Waals surface area contributed by atoms with Gasteiger partial charge in [-0.2, -0.15) is 0 Å². The van der Waals surface area contributed by atoms with E-state index in [0.29, 0.717) is 11.1 Å². The summed E-state index contributed by atoms with van der Waals surface area (Å²) in [6, 6.07) is 29.8. The molecular formula is C26H22N4O3. The highest BCUT2D eigenvalue weighted by molar-refractivity contribution is 5.96. The Morgan fingerprint density at radius 2 is 0.970 bits per heavy atom. The van der Waals surface area contributed by atoms with Crippen LogP contribution in [-0.2, 0) is 0 Å². The van der Waals surface area contributed by atoms with E-state index in [1.807, 2.05) is 36.4 Å². The molecule has 3 aromatic carbocycles. The maximum absolute atomic E-state index is 10.6. The van der Waals surface area contributed by atoms with Crippen molar-refractivity contribution in [2.45, 2.75) is 0 Å². The molecule has 0 aliphatic heterocycles. The molecule has 0 unspecified atom stereocenters. The Balaban J connectivity index is 0.000000185. The van der Waals surface area contributed by atoms with Gasteiger partial charge in [-0.1, -0.05) is 0 Å². The van der Waals surface area contributed by atoms with Gasteiger partial charge in [0.2, 0.25) is 11.8 Å². The van der Waals surface area contributed by atoms with Gasteiger partial charge in [0.15, 0.2) is 0 Å². The van der Waals surface area contributed by atoms with Crippen molar-refractivity contribution in [2.75, 3.05) is 5.73 Å². The van der Waals surface area contributed by atoms with Crippen LogP contribution < -0.4 is 21.9 Å². The van der Waals surface area contributed by atoms with Crippen LogP contribution in [0.2, 0.25) is 0 Å². The topological polar surface area (TPSA) is 126 Å². The van der Waals surface area contributed by atoms with Crippen molar-refractivity contribution in [3.8, 4) is 17.2 Å². The van der Waals surface area contributed by atoms with E-state index in [1.165, 1.54) is 35.3 Å². The molecule has 2 aromatic heterocycles. The highest BCUT2D eigenvalue weighted by Crippen LogP contribution is 2.26. The van der Waals surface area contributed by atoms with E-state index >= 15 is 0 Å². The zero-order valence-corrected chi connectivity index (χ0v) is 17.6. The Labute approximate surface area is 190 Å². The lowest BCUT2D eigenvalue weighted by molar-refractivity contribution is 0.0988. The Kier molecular flexibility index (Phi) is 5.95. The van der Waals surface area contributed by atoms with Gasteiger partial charge in [-0.25, -0.2) is 0 Å². The molecule has 0 saturated heterocycles. The third kappa shape index (κ3) is 4.94. The normalized spacial score (nSPS) is 10.4. The molecule has 6 N–H and O–H groups in total. The number of primary amides is 2. The monoisotopic (exact) mass is 438 g/mol. The van der Waals surface area contributed by atoms with Crippen molar-refractivity contribution in [2.24, 2.45) is 11.5 Å². The second kappa shape index (κ2) is 9.15. The van der Waals surface area contributed by atoms with E-state index in [-0.39, 0.29) is 0 Å². The first kappa shape index (κ1) is 21.5. The molecule has 33 heavy (non-hydrogen) atoms. The van der Waals surface area contributed by atoms with Crippen LogP contribution in [0.4, 0.5) is 5.69 Å². The first-order valence-corrected chi connectivity index (χ1v) is 10.1. The zero-order chi connectivity index (χ0) is 23.4. The molecule has 2 amide bonds. The van der Waals surface area contributed by atoms with E-state index in [0.717, 1.165) is 22.9 Å². The van der Waals surface area contributed by atoms with Crippen molar-refractivity contribution in [1.82, 2.24) is 4.57 Å². The molecule has 0 atom stereocenters. The number of amides is 2. The minimum atomic E-state index is -0.522. The molecule has 0 fully saturated rings. The molecule has 5 rings (SSSR count). The highest BCUT2D eigenvalue weighted by Gasteiger charge is 2.06. The number of ether oxygens (including phenoxy) is 1. The molecule has 0 saturated carbocycles. The smallest absolute Gasteiger partial charge is 0.248 e. The van der Waals surface area contributed by atoms with Gasteiger partial charge >= 0.3 is 0 Å². The second-order valence-electron chi connectivity index (χ2n) is 7.32. The highest BCUT2D eigenvalue weighted by atomic mass is 16.5. The van der Waals surface area contributed by atoms with Crippen LogP contribution in [0.25, 0.3) is 16.7 Å². The standard InChI is InChI=1S/C18H14N2O.C8H8N2O2/c19-13-1-9-17(10-2-13)21-18-11-7-16(8-12-18)20-14-3-4-15(20)6-5-14;9-7(11)5-1-2-6(4-3-5)8(10)12/h1-12H,19H2;1-4H,(H2,9,11)(H2,10,12). The third-order valence-electron chi connectivity index (χ3n) is 5.03. The van der Waals surface area contributed by atoms with Crippen LogP contribution in [0.5, 0.6) is 11.5 Å². The molecule has 0 aliphatic carbocycles. The van der Waals surface area contributed by atoms with Crippen LogP contribution in [0.15, 0.2) is 97.1 Å². The molecule has 2 bridgehead atoms. The fourth-order valence-corrected chi connectivity index (χ4v) is 3.33. The van der Waals surface area contributed by atoms with Gasteiger partial charge in [-0.05, 0) is 97.1 Å². The van der Waals surface area contributed by atoms with Crippen molar-refractivity contribution < 1.29 is 14.3 Å². The first-order chi connectivity index (χ1) is 15.9. The Hall–Kier alpha value is -4.78. The van der Waals surface area contributed by atoms with Gasteiger partial charge in [-0.3, -0.25) is 9.59 Å². The quantitative estimate of drug-likeness (QED) is 0.353. The molecule has 0 aliphatic rings. The second-order valence-corrected chi connectivity index (χ2v) is 7.32. The molecule has 7 nitrogen and oxygen atoms in total. The minimum absolute atomic E-state index is 0.361. The predicted molar refractivity (Wildman–Crippen MR) is 129 cm³/mol. The number of nitrogen functional groups attached to an aromatic ring is 1. The number of hydrogen-bond acceptors (Lipinski definition) is 4. The van der Waals surface area contributed by atoms with E-state index < -0.39 is 11.8 Å². The maximum atomic E-state index is 10.6. The summed E-state index contributed by atoms with van der Waals surface area (Å²) in [5.74, 6) is 0.549. The van der Waals surface area contributed by atoms with E-state index in [1.54, 1.807) is 0 Å². The van der Waals surface area contributed by atoms with Gasteiger partial charge in [0, 0.05) is 33.5 Å². The average molecular weight is 438 g/mol. The fraction of sp³-hybridized carbons (Fsp3) is 0. The van der Waals surface area contributed by atoms with Gasteiger partial charge in [0.25, 0.3) is 0 Å². The minimum Gasteiger partial charge on any atom is -0.457 e. The number of hydrogen-bond donors (Lipinski definition) is 3. The van der Waals surface area contributed by atoms with Crippen molar-refractivity contribution in [3.63, 3.8) is 0 Å². The number of fused-ring (bicyclic) bond motifs is 2. The molecule has 0 spiro atoms. The Morgan fingerprint density at radius 1 is 0.576 bits per heavy atom. The lowest BCUT2D eigenvalue weighted by Crippen LogP contribution is -2.13. The summed E-state index contributed by atoms with van der Waals surface area (Å²) < 4.78 is 8.02. The summed E-state index contributed by atoms with van der Waals surface area (Å²) in [5, 5.41) is 0. The molecular weight excluding hydrogens is 416 g/mol. The molecule has 0 radical (unpaired) electrons. The van der Waals surface area contributed by atoms with Crippen molar-refractivity contribution in [3.05, 3.63) is 108 Å². The first-order valence-electron chi connectivity index (χ1n) is 10.1. The summed E-state index contributed by atoms with van der Waals surface area (Å²) in [6.45, 7) is 0. The van der Waals surface area contributed by atoms with Gasteiger partial charge in [-0.15, -0.1) is 0 Å². The van der Waals surface area contributed by atoms with Crippen molar-refractivity contribution in [1.29, 1.82) is 0 Å². The Morgan fingerprint density at radius 3 is 1.36 bits per heavy atom. The summed E-state index contributed by atoms with van der Waals surface area (Å²) in [5.41, 5.74) is 20.6.